The highest BCUT2D eigenvalue weighted by Gasteiger charge is 2.25. The molecule has 2 atom stereocenters. The minimum atomic E-state index is -0.422. The van der Waals surface area contributed by atoms with E-state index in [4.69, 9.17) is 15.2 Å². The molecule has 0 aliphatic carbocycles. The Labute approximate surface area is 104 Å². The van der Waals surface area contributed by atoms with Crippen LogP contribution in [-0.4, -0.2) is 31.3 Å². The summed E-state index contributed by atoms with van der Waals surface area (Å²) in [6, 6.07) is 4.31. The van der Waals surface area contributed by atoms with Gasteiger partial charge in [-0.25, -0.2) is 4.39 Å². The van der Waals surface area contributed by atoms with Gasteiger partial charge in [0.2, 0.25) is 0 Å². The van der Waals surface area contributed by atoms with E-state index in [2.05, 4.69) is 0 Å². The molecule has 0 radical (unpaired) electrons. The molecule has 1 aromatic carbocycles. The zero-order valence-corrected chi connectivity index (χ0v) is 10.5. The third kappa shape index (κ3) is 2.91. The lowest BCUT2D eigenvalue weighted by atomic mass is 10.0. The standard InChI is InChI=1S/C12H16FNO2S/c1-15-8-2-3-9(10(13)6-8)12(14)11-7-17-5-4-16-11/h2-3,6,11-12H,4-5,7,14H2,1H3. The summed E-state index contributed by atoms with van der Waals surface area (Å²) in [5.41, 5.74) is 6.53. The number of benzene rings is 1. The fraction of sp³-hybridized carbons (Fsp3) is 0.500. The van der Waals surface area contributed by atoms with E-state index in [0.29, 0.717) is 17.9 Å². The van der Waals surface area contributed by atoms with E-state index in [0.717, 1.165) is 11.5 Å². The molecule has 1 aromatic rings. The quantitative estimate of drug-likeness (QED) is 0.899. The van der Waals surface area contributed by atoms with Gasteiger partial charge in [-0.05, 0) is 6.07 Å². The second-order valence-electron chi connectivity index (χ2n) is 3.90. The van der Waals surface area contributed by atoms with E-state index in [1.807, 2.05) is 0 Å². The highest BCUT2D eigenvalue weighted by Crippen LogP contribution is 2.27. The lowest BCUT2D eigenvalue weighted by Crippen LogP contribution is -2.35. The molecule has 1 aliphatic rings. The van der Waals surface area contributed by atoms with E-state index in [1.165, 1.54) is 13.2 Å². The van der Waals surface area contributed by atoms with Crippen LogP contribution >= 0.6 is 11.8 Å². The van der Waals surface area contributed by atoms with Crippen molar-refractivity contribution in [3.8, 4) is 5.75 Å². The molecule has 2 unspecified atom stereocenters. The number of hydrogen-bond donors (Lipinski definition) is 1. The van der Waals surface area contributed by atoms with Crippen molar-refractivity contribution < 1.29 is 13.9 Å². The third-order valence-corrected chi connectivity index (χ3v) is 3.83. The molecule has 0 aromatic heterocycles. The van der Waals surface area contributed by atoms with Gasteiger partial charge in [0, 0.05) is 23.1 Å². The van der Waals surface area contributed by atoms with Gasteiger partial charge in [-0.1, -0.05) is 6.07 Å². The monoisotopic (exact) mass is 257 g/mol. The van der Waals surface area contributed by atoms with Gasteiger partial charge in [0.05, 0.1) is 25.9 Å². The van der Waals surface area contributed by atoms with Crippen LogP contribution in [0.15, 0.2) is 18.2 Å². The summed E-state index contributed by atoms with van der Waals surface area (Å²) < 4.78 is 24.3. The fourth-order valence-electron chi connectivity index (χ4n) is 1.82. The van der Waals surface area contributed by atoms with Gasteiger partial charge in [0.25, 0.3) is 0 Å². The van der Waals surface area contributed by atoms with Crippen molar-refractivity contribution >= 4 is 11.8 Å². The third-order valence-electron chi connectivity index (χ3n) is 2.81. The first-order valence-corrected chi connectivity index (χ1v) is 6.66. The highest BCUT2D eigenvalue weighted by molar-refractivity contribution is 7.99. The molecule has 2 N–H and O–H groups in total. The maximum atomic E-state index is 13.8. The molecule has 2 rings (SSSR count). The predicted octanol–water partition coefficient (Wildman–Crippen LogP) is 1.97. The average molecular weight is 257 g/mol. The minimum Gasteiger partial charge on any atom is -0.497 e. The van der Waals surface area contributed by atoms with Crippen LogP contribution in [0, 0.1) is 5.82 Å². The molecule has 1 aliphatic heterocycles. The molecule has 0 spiro atoms. The number of rotatable bonds is 3. The van der Waals surface area contributed by atoms with E-state index < -0.39 is 6.04 Å². The summed E-state index contributed by atoms with van der Waals surface area (Å²) in [5.74, 6) is 1.95. The van der Waals surface area contributed by atoms with Crippen LogP contribution < -0.4 is 10.5 Å². The highest BCUT2D eigenvalue weighted by atomic mass is 32.2. The van der Waals surface area contributed by atoms with Crippen LogP contribution in [0.2, 0.25) is 0 Å². The van der Waals surface area contributed by atoms with Gasteiger partial charge >= 0.3 is 0 Å². The van der Waals surface area contributed by atoms with Crippen molar-refractivity contribution in [3.05, 3.63) is 29.6 Å². The van der Waals surface area contributed by atoms with Crippen molar-refractivity contribution in [1.82, 2.24) is 0 Å². The van der Waals surface area contributed by atoms with E-state index in [-0.39, 0.29) is 11.9 Å². The number of ether oxygens (including phenoxy) is 2. The van der Waals surface area contributed by atoms with Crippen LogP contribution in [0.5, 0.6) is 5.75 Å². The number of hydrogen-bond acceptors (Lipinski definition) is 4. The normalized spacial score (nSPS) is 22.2. The summed E-state index contributed by atoms with van der Waals surface area (Å²) in [7, 11) is 1.51. The molecule has 94 valence electrons. The Hall–Kier alpha value is -0.780. The molecule has 17 heavy (non-hydrogen) atoms. The van der Waals surface area contributed by atoms with Crippen molar-refractivity contribution in [2.24, 2.45) is 5.73 Å². The van der Waals surface area contributed by atoms with Crippen molar-refractivity contribution in [1.29, 1.82) is 0 Å². The minimum absolute atomic E-state index is 0.114. The van der Waals surface area contributed by atoms with Crippen molar-refractivity contribution in [3.63, 3.8) is 0 Å². The molecule has 1 heterocycles. The maximum Gasteiger partial charge on any atom is 0.131 e. The van der Waals surface area contributed by atoms with Gasteiger partial charge in [-0.2, -0.15) is 11.8 Å². The summed E-state index contributed by atoms with van der Waals surface area (Å²) in [6.07, 6.45) is -0.114. The number of halogens is 1. The molecule has 1 saturated heterocycles. The Morgan fingerprint density at radius 3 is 3.00 bits per heavy atom. The number of methoxy groups -OCH3 is 1. The fourth-order valence-corrected chi connectivity index (χ4v) is 2.74. The average Bonchev–Trinajstić information content (AvgIpc) is 2.39. The van der Waals surface area contributed by atoms with Gasteiger partial charge in [0.1, 0.15) is 11.6 Å². The molecule has 1 fully saturated rings. The molecule has 0 bridgehead atoms. The van der Waals surface area contributed by atoms with Gasteiger partial charge < -0.3 is 15.2 Å². The molecule has 0 saturated carbocycles. The Balaban J connectivity index is 2.15. The van der Waals surface area contributed by atoms with E-state index >= 15 is 0 Å². The maximum absolute atomic E-state index is 13.8. The van der Waals surface area contributed by atoms with E-state index in [9.17, 15) is 4.39 Å². The molecular weight excluding hydrogens is 241 g/mol. The molecule has 5 heteroatoms. The topological polar surface area (TPSA) is 44.5 Å². The second-order valence-corrected chi connectivity index (χ2v) is 5.05. The van der Waals surface area contributed by atoms with Crippen LogP contribution in [0.1, 0.15) is 11.6 Å². The summed E-state index contributed by atoms with van der Waals surface area (Å²) in [6.45, 7) is 0.681. The van der Waals surface area contributed by atoms with Gasteiger partial charge in [-0.3, -0.25) is 0 Å². The Morgan fingerprint density at radius 1 is 1.59 bits per heavy atom. The lowest BCUT2D eigenvalue weighted by Gasteiger charge is -2.28. The first kappa shape index (κ1) is 12.7. The smallest absolute Gasteiger partial charge is 0.131 e. The lowest BCUT2D eigenvalue weighted by molar-refractivity contribution is 0.0561. The molecule has 0 amide bonds. The predicted molar refractivity (Wildman–Crippen MR) is 66.9 cm³/mol. The van der Waals surface area contributed by atoms with E-state index in [1.54, 1.807) is 23.9 Å². The summed E-state index contributed by atoms with van der Waals surface area (Å²) in [4.78, 5) is 0. The zero-order valence-electron chi connectivity index (χ0n) is 9.69. The molecule has 3 nitrogen and oxygen atoms in total. The van der Waals surface area contributed by atoms with Crippen LogP contribution in [0.3, 0.4) is 0 Å². The van der Waals surface area contributed by atoms with Crippen molar-refractivity contribution in [2.45, 2.75) is 12.1 Å². The number of nitrogens with two attached hydrogens (primary N) is 1. The summed E-state index contributed by atoms with van der Waals surface area (Å²) >= 11 is 1.79. The van der Waals surface area contributed by atoms with Crippen LogP contribution in [0.4, 0.5) is 4.39 Å². The molecular formula is C12H16FNO2S. The SMILES string of the molecule is COc1ccc(C(N)C2CSCCO2)c(F)c1. The Morgan fingerprint density at radius 2 is 2.41 bits per heavy atom. The first-order valence-electron chi connectivity index (χ1n) is 5.50. The van der Waals surface area contributed by atoms with Gasteiger partial charge in [-0.15, -0.1) is 0 Å². The largest absolute Gasteiger partial charge is 0.497 e. The zero-order chi connectivity index (χ0) is 12.3. The van der Waals surface area contributed by atoms with Crippen molar-refractivity contribution in [2.75, 3.05) is 25.2 Å². The first-order chi connectivity index (χ1) is 8.22. The van der Waals surface area contributed by atoms with Crippen LogP contribution in [-0.2, 0) is 4.74 Å². The Kier molecular flexibility index (Phi) is 4.25. The summed E-state index contributed by atoms with van der Waals surface area (Å²) in [5, 5.41) is 0. The van der Waals surface area contributed by atoms with Crippen LogP contribution in [0.25, 0.3) is 0 Å². The van der Waals surface area contributed by atoms with Gasteiger partial charge in [0.15, 0.2) is 0 Å². The second kappa shape index (κ2) is 5.71. The Bertz CT molecular complexity index is 383. The number of thioether (sulfide) groups is 1.